The number of carboxylic acids is 1. The second kappa shape index (κ2) is 10.6. The van der Waals surface area contributed by atoms with Crippen LogP contribution in [0, 0.1) is 0 Å². The van der Waals surface area contributed by atoms with Gasteiger partial charge in [0.1, 0.15) is 5.75 Å². The van der Waals surface area contributed by atoms with Crippen LogP contribution in [0.2, 0.25) is 0 Å². The summed E-state index contributed by atoms with van der Waals surface area (Å²) in [5, 5.41) is 10.4. The number of carbonyl (C=O) groups is 1. The maximum atomic E-state index is 13.6. The van der Waals surface area contributed by atoms with E-state index in [0.29, 0.717) is 5.56 Å². The number of allylic oxidation sites excluding steroid dienone is 2. The minimum atomic E-state index is -6.35. The molecule has 4 rings (SSSR count). The molecule has 2 aromatic rings. The summed E-state index contributed by atoms with van der Waals surface area (Å²) < 4.78 is 80.9. The summed E-state index contributed by atoms with van der Waals surface area (Å²) in [7, 11) is -4.96. The Hall–Kier alpha value is -3.15. The topological polar surface area (TPSA) is 99.1 Å². The number of fused-ring (bicyclic) bond motifs is 1. The van der Waals surface area contributed by atoms with Crippen molar-refractivity contribution in [2.45, 2.75) is 68.4 Å². The molecule has 0 bridgehead atoms. The number of methoxy groups -OCH3 is 1. The molecule has 2 aromatic carbocycles. The van der Waals surface area contributed by atoms with Gasteiger partial charge in [0.2, 0.25) is 5.60 Å². The van der Waals surface area contributed by atoms with Crippen LogP contribution in [0.1, 0.15) is 68.7 Å². The first-order chi connectivity index (χ1) is 19.0. The average Bonchev–Trinajstić information content (AvgIpc) is 2.89. The molecule has 2 aliphatic carbocycles. The number of benzene rings is 2. The summed E-state index contributed by atoms with van der Waals surface area (Å²) in [6.07, 6.45) is 5.24. The molecule has 0 aliphatic heterocycles. The molecule has 0 heterocycles. The predicted octanol–water partition coefficient (Wildman–Crippen LogP) is 6.44. The van der Waals surface area contributed by atoms with Crippen LogP contribution in [0.15, 0.2) is 60.7 Å². The quantitative estimate of drug-likeness (QED) is 0.162. The van der Waals surface area contributed by atoms with E-state index in [1.165, 1.54) is 19.3 Å². The molecule has 2 aliphatic rings. The number of aliphatic carboxylic acids is 1. The molecule has 0 radical (unpaired) electrons. The smallest absolute Gasteiger partial charge is 0.479 e. The molecule has 0 spiro atoms. The third-order valence-electron chi connectivity index (χ3n) is 7.89. The molecule has 0 saturated carbocycles. The largest absolute Gasteiger partial charge is 0.523 e. The van der Waals surface area contributed by atoms with E-state index in [9.17, 15) is 31.5 Å². The zero-order chi connectivity index (χ0) is 30.4. The Balaban J connectivity index is 2.07. The van der Waals surface area contributed by atoms with E-state index in [1.807, 2.05) is 13.8 Å². The first-order valence-electron chi connectivity index (χ1n) is 13.0. The van der Waals surface area contributed by atoms with Crippen molar-refractivity contribution >= 4 is 21.7 Å². The van der Waals surface area contributed by atoms with Crippen molar-refractivity contribution in [3.8, 4) is 5.75 Å². The zero-order valence-corrected chi connectivity index (χ0v) is 24.2. The van der Waals surface area contributed by atoms with E-state index < -0.39 is 33.1 Å². The van der Waals surface area contributed by atoms with Crippen LogP contribution in [0.25, 0.3) is 5.57 Å². The third-order valence-corrected chi connectivity index (χ3v) is 8.94. The standard InChI is InChI=1S/C30H33F3O7S/c1-27(2)13-14-28(3,4)24-17-25(39-18-38-5)21(16-23(24)27)22-15-20(19-9-7-6-8-10-19)11-12-29(22,26(34)35)40-41(36,37)30(31,32)33/h6-12,15-17,20H,13-14,18H2,1-5H3,(H,34,35). The fourth-order valence-electron chi connectivity index (χ4n) is 5.42. The lowest BCUT2D eigenvalue weighted by atomic mass is 9.62. The summed E-state index contributed by atoms with van der Waals surface area (Å²) in [4.78, 5) is 12.8. The van der Waals surface area contributed by atoms with Gasteiger partial charge >= 0.3 is 21.6 Å². The molecule has 1 N–H and O–H groups in total. The van der Waals surface area contributed by atoms with Gasteiger partial charge in [-0.05, 0) is 58.6 Å². The Morgan fingerprint density at radius 1 is 1.02 bits per heavy atom. The second-order valence-corrected chi connectivity index (χ2v) is 13.2. The van der Waals surface area contributed by atoms with Gasteiger partial charge in [0.05, 0.1) is 0 Å². The van der Waals surface area contributed by atoms with Crippen molar-refractivity contribution < 1.29 is 45.1 Å². The van der Waals surface area contributed by atoms with E-state index in [-0.39, 0.29) is 34.5 Å². The Kier molecular flexibility index (Phi) is 7.96. The number of ether oxygens (including phenoxy) is 2. The van der Waals surface area contributed by atoms with Crippen molar-refractivity contribution in [2.75, 3.05) is 13.9 Å². The van der Waals surface area contributed by atoms with Gasteiger partial charge in [-0.3, -0.25) is 0 Å². The molecule has 41 heavy (non-hydrogen) atoms. The van der Waals surface area contributed by atoms with Gasteiger partial charge in [0, 0.05) is 24.2 Å². The Labute approximate surface area is 237 Å². The number of halogens is 3. The normalized spacial score (nSPS) is 23.4. The van der Waals surface area contributed by atoms with Crippen molar-refractivity contribution in [2.24, 2.45) is 0 Å². The molecule has 0 saturated heterocycles. The number of hydrogen-bond acceptors (Lipinski definition) is 6. The summed E-state index contributed by atoms with van der Waals surface area (Å²) >= 11 is 0. The maximum absolute atomic E-state index is 13.6. The number of carboxylic acid groups (broad SMARTS) is 1. The van der Waals surface area contributed by atoms with E-state index in [1.54, 1.807) is 42.5 Å². The molecule has 11 heteroatoms. The first kappa shape index (κ1) is 30.8. The van der Waals surface area contributed by atoms with Crippen LogP contribution >= 0.6 is 0 Å². The molecule has 7 nitrogen and oxygen atoms in total. The highest BCUT2D eigenvalue weighted by atomic mass is 32.2. The SMILES string of the molecule is COCOc1cc2c(cc1C1=CC(c3ccccc3)C=CC1(OS(=O)(=O)C(F)(F)F)C(=O)O)C(C)(C)CCC2(C)C. The molecule has 2 unspecified atom stereocenters. The molecule has 2 atom stereocenters. The minimum Gasteiger partial charge on any atom is -0.479 e. The zero-order valence-electron chi connectivity index (χ0n) is 23.4. The highest BCUT2D eigenvalue weighted by molar-refractivity contribution is 7.87. The van der Waals surface area contributed by atoms with Gasteiger partial charge in [-0.2, -0.15) is 21.6 Å². The van der Waals surface area contributed by atoms with Crippen molar-refractivity contribution in [3.05, 3.63) is 82.9 Å². The van der Waals surface area contributed by atoms with Crippen molar-refractivity contribution in [3.63, 3.8) is 0 Å². The first-order valence-corrected chi connectivity index (χ1v) is 14.4. The number of hydrogen-bond donors (Lipinski definition) is 1. The summed E-state index contributed by atoms with van der Waals surface area (Å²) in [5.74, 6) is -2.41. The van der Waals surface area contributed by atoms with Crippen LogP contribution in [0.5, 0.6) is 5.75 Å². The second-order valence-electron chi connectivity index (χ2n) is 11.6. The van der Waals surface area contributed by atoms with Crippen molar-refractivity contribution in [1.29, 1.82) is 0 Å². The third kappa shape index (κ3) is 5.67. The van der Waals surface area contributed by atoms with Gasteiger partial charge in [-0.25, -0.2) is 8.98 Å². The lowest BCUT2D eigenvalue weighted by Gasteiger charge is -2.43. The summed E-state index contributed by atoms with van der Waals surface area (Å²) in [6, 6.07) is 12.3. The maximum Gasteiger partial charge on any atom is 0.523 e. The molecule has 0 amide bonds. The Bertz CT molecular complexity index is 1490. The van der Waals surface area contributed by atoms with Gasteiger partial charge in [0.25, 0.3) is 0 Å². The number of alkyl halides is 3. The van der Waals surface area contributed by atoms with Crippen LogP contribution < -0.4 is 4.74 Å². The summed E-state index contributed by atoms with van der Waals surface area (Å²) in [6.45, 7) is 7.93. The number of rotatable bonds is 8. The van der Waals surface area contributed by atoms with E-state index in [2.05, 4.69) is 18.0 Å². The highest BCUT2D eigenvalue weighted by Crippen LogP contribution is 2.51. The van der Waals surface area contributed by atoms with Gasteiger partial charge in [-0.15, -0.1) is 0 Å². The van der Waals surface area contributed by atoms with Gasteiger partial charge in [-0.1, -0.05) is 70.2 Å². The highest BCUT2D eigenvalue weighted by Gasteiger charge is 2.57. The van der Waals surface area contributed by atoms with Gasteiger partial charge in [0.15, 0.2) is 6.79 Å². The lowest BCUT2D eigenvalue weighted by Crippen LogP contribution is -2.47. The molecule has 0 fully saturated rings. The lowest BCUT2D eigenvalue weighted by molar-refractivity contribution is -0.147. The van der Waals surface area contributed by atoms with Crippen LogP contribution in [0.4, 0.5) is 13.2 Å². The predicted molar refractivity (Wildman–Crippen MR) is 147 cm³/mol. The molecule has 0 aromatic heterocycles. The fraction of sp³-hybridized carbons (Fsp3) is 0.433. The molecular formula is C30H33F3O7S. The van der Waals surface area contributed by atoms with E-state index >= 15 is 0 Å². The minimum absolute atomic E-state index is 0.0941. The molecule has 222 valence electrons. The van der Waals surface area contributed by atoms with Crippen LogP contribution in [-0.4, -0.2) is 44.5 Å². The van der Waals surface area contributed by atoms with Crippen LogP contribution in [0.3, 0.4) is 0 Å². The van der Waals surface area contributed by atoms with E-state index in [4.69, 9.17) is 9.47 Å². The monoisotopic (exact) mass is 594 g/mol. The van der Waals surface area contributed by atoms with Gasteiger partial charge < -0.3 is 14.6 Å². The van der Waals surface area contributed by atoms with Crippen molar-refractivity contribution in [1.82, 2.24) is 0 Å². The molecular weight excluding hydrogens is 561 g/mol. The average molecular weight is 595 g/mol. The van der Waals surface area contributed by atoms with Crippen LogP contribution in [-0.2, 0) is 34.7 Å². The fourth-order valence-corrected chi connectivity index (χ4v) is 6.08. The Morgan fingerprint density at radius 3 is 2.15 bits per heavy atom. The Morgan fingerprint density at radius 2 is 1.61 bits per heavy atom. The summed E-state index contributed by atoms with van der Waals surface area (Å²) in [5.41, 5.74) is -7.29. The van der Waals surface area contributed by atoms with E-state index in [0.717, 1.165) is 30.0 Å².